The molecule has 3 rings (SSSR count). The number of hydrogen-bond donors (Lipinski definition) is 0. The highest BCUT2D eigenvalue weighted by Gasteiger charge is 2.43. The molecule has 0 atom stereocenters. The molecule has 0 fully saturated rings. The molecule has 0 saturated carbocycles. The number of nitrogens with zero attached hydrogens (tertiary/aromatic N) is 5. The maximum atomic E-state index is 13.1. The quantitative estimate of drug-likeness (QED) is 0.426. The Morgan fingerprint density at radius 3 is 1.21 bits per heavy atom. The molecule has 0 unspecified atom stereocenters. The zero-order valence-corrected chi connectivity index (χ0v) is 16.1. The summed E-state index contributed by atoms with van der Waals surface area (Å²) in [6.07, 6.45) is -20.8. The molecule has 0 saturated heterocycles. The van der Waals surface area contributed by atoms with Gasteiger partial charge in [0.15, 0.2) is 11.4 Å². The van der Waals surface area contributed by atoms with Crippen LogP contribution in [0.25, 0.3) is 0 Å². The van der Waals surface area contributed by atoms with E-state index in [1.54, 1.807) is 0 Å². The van der Waals surface area contributed by atoms with Crippen molar-refractivity contribution >= 4 is 0 Å². The highest BCUT2D eigenvalue weighted by Crippen LogP contribution is 2.36. The Bertz CT molecular complexity index is 1080. The van der Waals surface area contributed by atoms with E-state index in [9.17, 15) is 52.7 Å². The van der Waals surface area contributed by atoms with Gasteiger partial charge in [0.25, 0.3) is 0 Å². The van der Waals surface area contributed by atoms with Gasteiger partial charge in [-0.15, -0.1) is 0 Å². The van der Waals surface area contributed by atoms with Crippen molar-refractivity contribution in [2.75, 3.05) is 0 Å². The van der Waals surface area contributed by atoms with Crippen molar-refractivity contribution in [2.45, 2.75) is 37.8 Å². The van der Waals surface area contributed by atoms with Gasteiger partial charge in [0, 0.05) is 12.1 Å². The first-order valence-corrected chi connectivity index (χ1v) is 8.75. The average Bonchev–Trinajstić information content (AvgIpc) is 3.25. The Hall–Kier alpha value is -3.27. The topological polar surface area (TPSA) is 48.5 Å². The minimum atomic E-state index is -5.22. The first-order chi connectivity index (χ1) is 15.4. The van der Waals surface area contributed by atoms with Gasteiger partial charge in [-0.3, -0.25) is 14.3 Å². The predicted octanol–water partition coefficient (Wildman–Crippen LogP) is 5.65. The molecular formula is C17H9F12N5. The second-order valence-electron chi connectivity index (χ2n) is 6.76. The summed E-state index contributed by atoms with van der Waals surface area (Å²) >= 11 is 0. The third-order valence-electron chi connectivity index (χ3n) is 4.21. The van der Waals surface area contributed by atoms with Gasteiger partial charge in [-0.25, -0.2) is 0 Å². The van der Waals surface area contributed by atoms with Crippen molar-refractivity contribution in [2.24, 2.45) is 0 Å². The van der Waals surface area contributed by atoms with Crippen LogP contribution in [0, 0.1) is 0 Å². The third kappa shape index (κ3) is 5.61. The van der Waals surface area contributed by atoms with Crippen LogP contribution in [0.5, 0.6) is 0 Å². The van der Waals surface area contributed by atoms with E-state index >= 15 is 0 Å². The molecule has 3 aromatic heterocycles. The Labute approximate surface area is 180 Å². The van der Waals surface area contributed by atoms with E-state index in [2.05, 4.69) is 15.2 Å². The molecule has 5 nitrogen and oxygen atoms in total. The standard InChI is InChI=1S/C17H9F12N5/c18-14(19,20)10-4-12(16(24,25)26)33(31-10)6-8-2-1-3-9(30-8)7-34-13(17(27,28)29)5-11(32-34)15(21,22)23/h1-5H,6-7H2. The number of pyridine rings is 1. The summed E-state index contributed by atoms with van der Waals surface area (Å²) in [6, 6.07) is 2.76. The Morgan fingerprint density at radius 2 is 0.912 bits per heavy atom. The van der Waals surface area contributed by atoms with Gasteiger partial charge in [0.1, 0.15) is 11.4 Å². The maximum absolute atomic E-state index is 13.1. The van der Waals surface area contributed by atoms with Gasteiger partial charge in [0.2, 0.25) is 0 Å². The van der Waals surface area contributed by atoms with E-state index < -0.39 is 60.6 Å². The number of rotatable bonds is 4. The zero-order valence-electron chi connectivity index (χ0n) is 16.1. The van der Waals surface area contributed by atoms with Crippen molar-refractivity contribution in [3.8, 4) is 0 Å². The average molecular weight is 511 g/mol. The van der Waals surface area contributed by atoms with Crippen LogP contribution >= 0.6 is 0 Å². The number of aromatic nitrogens is 5. The lowest BCUT2D eigenvalue weighted by atomic mass is 10.2. The van der Waals surface area contributed by atoms with E-state index in [1.807, 2.05) is 0 Å². The highest BCUT2D eigenvalue weighted by atomic mass is 19.4. The van der Waals surface area contributed by atoms with Crippen molar-refractivity contribution in [3.63, 3.8) is 0 Å². The molecule has 0 aliphatic rings. The SMILES string of the molecule is FC(F)(F)c1cc(C(F)(F)F)n(Cc2cccc(Cn3nc(C(F)(F)F)cc3C(F)(F)F)n2)n1. The summed E-state index contributed by atoms with van der Waals surface area (Å²) < 4.78 is 155. The lowest BCUT2D eigenvalue weighted by molar-refractivity contribution is -0.145. The van der Waals surface area contributed by atoms with Gasteiger partial charge < -0.3 is 0 Å². The molecule has 0 aliphatic carbocycles. The summed E-state index contributed by atoms with van der Waals surface area (Å²) in [5.41, 5.74) is -7.88. The lowest BCUT2D eigenvalue weighted by Crippen LogP contribution is -2.18. The van der Waals surface area contributed by atoms with Crippen molar-refractivity contribution in [3.05, 3.63) is 64.5 Å². The van der Waals surface area contributed by atoms with E-state index in [0.717, 1.165) is 18.2 Å². The first kappa shape index (κ1) is 25.4. The van der Waals surface area contributed by atoms with Crippen LogP contribution in [0.3, 0.4) is 0 Å². The first-order valence-electron chi connectivity index (χ1n) is 8.75. The smallest absolute Gasteiger partial charge is 0.254 e. The number of hydrogen-bond acceptors (Lipinski definition) is 3. The fourth-order valence-corrected chi connectivity index (χ4v) is 2.82. The van der Waals surface area contributed by atoms with Crippen LogP contribution in [0.15, 0.2) is 30.3 Å². The fourth-order valence-electron chi connectivity index (χ4n) is 2.82. The number of alkyl halides is 12. The minimum Gasteiger partial charge on any atom is -0.254 e. The molecule has 0 bridgehead atoms. The van der Waals surface area contributed by atoms with Crippen molar-refractivity contribution in [1.29, 1.82) is 0 Å². The van der Waals surface area contributed by atoms with Gasteiger partial charge in [-0.05, 0) is 12.1 Å². The summed E-state index contributed by atoms with van der Waals surface area (Å²) in [5, 5.41) is 5.75. The molecule has 17 heteroatoms. The van der Waals surface area contributed by atoms with Crippen LogP contribution in [-0.4, -0.2) is 24.5 Å². The van der Waals surface area contributed by atoms with Crippen LogP contribution < -0.4 is 0 Å². The third-order valence-corrected chi connectivity index (χ3v) is 4.21. The zero-order chi connectivity index (χ0) is 25.7. The van der Waals surface area contributed by atoms with Crippen LogP contribution in [-0.2, 0) is 37.8 Å². The molecule has 3 aromatic rings. The van der Waals surface area contributed by atoms with Crippen LogP contribution in [0.2, 0.25) is 0 Å². The molecule has 186 valence electrons. The molecule has 0 aromatic carbocycles. The predicted molar refractivity (Wildman–Crippen MR) is 86.9 cm³/mol. The highest BCUT2D eigenvalue weighted by molar-refractivity contribution is 5.20. The molecular weight excluding hydrogens is 502 g/mol. The van der Waals surface area contributed by atoms with Crippen molar-refractivity contribution < 1.29 is 52.7 Å². The van der Waals surface area contributed by atoms with E-state index in [1.165, 1.54) is 0 Å². The van der Waals surface area contributed by atoms with E-state index in [0.29, 0.717) is 0 Å². The molecule has 0 aliphatic heterocycles. The van der Waals surface area contributed by atoms with Gasteiger partial charge in [0.05, 0.1) is 24.5 Å². The molecule has 0 N–H and O–H groups in total. The molecule has 3 heterocycles. The van der Waals surface area contributed by atoms with Gasteiger partial charge >= 0.3 is 24.7 Å². The molecule has 0 amide bonds. The summed E-state index contributed by atoms with van der Waals surface area (Å²) in [4.78, 5) is 3.73. The summed E-state index contributed by atoms with van der Waals surface area (Å²) in [7, 11) is 0. The Morgan fingerprint density at radius 1 is 0.559 bits per heavy atom. The Balaban J connectivity index is 1.95. The van der Waals surface area contributed by atoms with Crippen LogP contribution in [0.1, 0.15) is 34.2 Å². The second kappa shape index (κ2) is 8.19. The largest absolute Gasteiger partial charge is 0.435 e. The van der Waals surface area contributed by atoms with Crippen LogP contribution in [0.4, 0.5) is 52.7 Å². The van der Waals surface area contributed by atoms with Crippen molar-refractivity contribution in [1.82, 2.24) is 24.5 Å². The monoisotopic (exact) mass is 511 g/mol. The minimum absolute atomic E-state index is 0.0360. The van der Waals surface area contributed by atoms with E-state index in [-0.39, 0.29) is 32.9 Å². The second-order valence-corrected chi connectivity index (χ2v) is 6.76. The normalized spacial score (nSPS) is 13.5. The van der Waals surface area contributed by atoms with Gasteiger partial charge in [-0.2, -0.15) is 62.9 Å². The molecule has 34 heavy (non-hydrogen) atoms. The fraction of sp³-hybridized carbons (Fsp3) is 0.353. The maximum Gasteiger partial charge on any atom is 0.435 e. The van der Waals surface area contributed by atoms with Gasteiger partial charge in [-0.1, -0.05) is 6.07 Å². The summed E-state index contributed by atoms with van der Waals surface area (Å²) in [6.45, 7) is -1.92. The molecule has 0 radical (unpaired) electrons. The molecule has 0 spiro atoms. The Kier molecular flexibility index (Phi) is 6.11. The summed E-state index contributed by atoms with van der Waals surface area (Å²) in [5.74, 6) is 0. The number of halogens is 12. The lowest BCUT2D eigenvalue weighted by Gasteiger charge is -2.12. The van der Waals surface area contributed by atoms with E-state index in [4.69, 9.17) is 0 Å².